The van der Waals surface area contributed by atoms with Crippen LogP contribution in [-0.4, -0.2) is 56.8 Å². The molecular weight excluding hydrogens is 366 g/mol. The Morgan fingerprint density at radius 1 is 1.29 bits per heavy atom. The second-order valence-electron chi connectivity index (χ2n) is 6.68. The monoisotopic (exact) mass is 398 g/mol. The number of hydrogen-bond acceptors (Lipinski definition) is 4. The molecule has 0 amide bonds. The minimum Gasteiger partial charge on any atom is -0.490 e. The Morgan fingerprint density at radius 3 is 2.75 bits per heavy atom. The number of ether oxygens (including phenoxy) is 2. The summed E-state index contributed by atoms with van der Waals surface area (Å²) in [5.74, 6) is 1.61. The van der Waals surface area contributed by atoms with Gasteiger partial charge in [-0.1, -0.05) is 19.1 Å². The molecule has 0 radical (unpaired) electrons. The lowest BCUT2D eigenvalue weighted by atomic mass is 10.1. The van der Waals surface area contributed by atoms with Gasteiger partial charge < -0.3 is 25.0 Å². The first-order valence-electron chi connectivity index (χ1n) is 10.0. The van der Waals surface area contributed by atoms with E-state index in [1.807, 2.05) is 6.92 Å². The van der Waals surface area contributed by atoms with E-state index >= 15 is 0 Å². The number of rotatable bonds is 10. The van der Waals surface area contributed by atoms with Gasteiger partial charge in [0.25, 0.3) is 0 Å². The fourth-order valence-corrected chi connectivity index (χ4v) is 3.29. The minimum absolute atomic E-state index is 0.0494. The van der Waals surface area contributed by atoms with E-state index in [1.54, 1.807) is 25.1 Å². The molecule has 6 nitrogen and oxygen atoms in total. The summed E-state index contributed by atoms with van der Waals surface area (Å²) in [6.45, 7) is 8.49. The first-order valence-corrected chi connectivity index (χ1v) is 10.0. The first kappa shape index (κ1) is 22.2. The number of benzene rings is 1. The maximum absolute atomic E-state index is 12.9. The Bertz CT molecular complexity index is 628. The van der Waals surface area contributed by atoms with Crippen molar-refractivity contribution < 1.29 is 18.3 Å². The lowest BCUT2D eigenvalue weighted by molar-refractivity contribution is -0.0520. The Labute approximate surface area is 166 Å². The molecule has 158 valence electrons. The number of nitrogens with one attached hydrogen (secondary N) is 2. The van der Waals surface area contributed by atoms with Crippen molar-refractivity contribution in [3.8, 4) is 11.5 Å². The summed E-state index contributed by atoms with van der Waals surface area (Å²) in [4.78, 5) is 6.99. The lowest BCUT2D eigenvalue weighted by Crippen LogP contribution is -2.40. The van der Waals surface area contributed by atoms with Crippen LogP contribution in [0.3, 0.4) is 0 Å². The van der Waals surface area contributed by atoms with Crippen molar-refractivity contribution in [2.75, 3.05) is 39.3 Å². The van der Waals surface area contributed by atoms with Crippen LogP contribution >= 0.6 is 0 Å². The molecule has 0 aliphatic carbocycles. The van der Waals surface area contributed by atoms with Gasteiger partial charge in [-0.05, 0) is 45.3 Å². The number of para-hydroxylation sites is 1. The quantitative estimate of drug-likeness (QED) is 0.469. The molecule has 28 heavy (non-hydrogen) atoms. The molecule has 1 atom stereocenters. The molecular formula is C20H32F2N4O2. The molecule has 0 aromatic heterocycles. The zero-order valence-corrected chi connectivity index (χ0v) is 17.0. The summed E-state index contributed by atoms with van der Waals surface area (Å²) in [6.07, 6.45) is 1.17. The predicted octanol–water partition coefficient (Wildman–Crippen LogP) is 3.08. The fourth-order valence-electron chi connectivity index (χ4n) is 3.29. The van der Waals surface area contributed by atoms with Crippen molar-refractivity contribution >= 4 is 5.96 Å². The molecule has 2 N–H and O–H groups in total. The van der Waals surface area contributed by atoms with Crippen LogP contribution in [-0.2, 0) is 6.54 Å². The van der Waals surface area contributed by atoms with Gasteiger partial charge in [-0.3, -0.25) is 0 Å². The van der Waals surface area contributed by atoms with Crippen LogP contribution in [0.15, 0.2) is 23.2 Å². The van der Waals surface area contributed by atoms with Gasteiger partial charge >= 0.3 is 6.61 Å². The summed E-state index contributed by atoms with van der Waals surface area (Å²) in [5.41, 5.74) is 0.557. The van der Waals surface area contributed by atoms with Crippen molar-refractivity contribution in [2.45, 2.75) is 40.3 Å². The predicted molar refractivity (Wildman–Crippen MR) is 107 cm³/mol. The average molecular weight is 398 g/mol. The molecule has 2 rings (SSSR count). The Balaban J connectivity index is 2.05. The standard InChI is InChI=1S/C20H32F2N4O2/c1-4-23-20(24-12-15-10-11-26(5-2)14-15)25-13-16-8-7-9-17(27-6-3)18(16)28-19(21)22/h7-9,15,19H,4-6,10-14H2,1-3H3,(H2,23,24,25). The number of halogens is 2. The number of guanidine groups is 1. The smallest absolute Gasteiger partial charge is 0.387 e. The summed E-state index contributed by atoms with van der Waals surface area (Å²) in [6, 6.07) is 5.10. The molecule has 1 heterocycles. The van der Waals surface area contributed by atoms with Crippen LogP contribution in [0.1, 0.15) is 32.8 Å². The highest BCUT2D eigenvalue weighted by Crippen LogP contribution is 2.33. The molecule has 1 aliphatic rings. The molecule has 1 fully saturated rings. The second-order valence-corrected chi connectivity index (χ2v) is 6.68. The van der Waals surface area contributed by atoms with Crippen LogP contribution in [0.5, 0.6) is 11.5 Å². The Morgan fingerprint density at radius 2 is 2.11 bits per heavy atom. The van der Waals surface area contributed by atoms with E-state index in [9.17, 15) is 8.78 Å². The summed E-state index contributed by atoms with van der Waals surface area (Å²) in [7, 11) is 0. The third-order valence-corrected chi connectivity index (χ3v) is 4.69. The largest absolute Gasteiger partial charge is 0.490 e. The highest BCUT2D eigenvalue weighted by atomic mass is 19.3. The van der Waals surface area contributed by atoms with Crippen LogP contribution < -0.4 is 20.1 Å². The third-order valence-electron chi connectivity index (χ3n) is 4.69. The van der Waals surface area contributed by atoms with E-state index in [0.717, 1.165) is 32.7 Å². The molecule has 1 aromatic carbocycles. The molecule has 8 heteroatoms. The summed E-state index contributed by atoms with van der Waals surface area (Å²) >= 11 is 0. The molecule has 0 spiro atoms. The van der Waals surface area contributed by atoms with E-state index in [-0.39, 0.29) is 12.3 Å². The maximum atomic E-state index is 12.9. The topological polar surface area (TPSA) is 58.1 Å². The summed E-state index contributed by atoms with van der Waals surface area (Å²) < 4.78 is 35.8. The van der Waals surface area contributed by atoms with E-state index in [1.165, 1.54) is 6.42 Å². The van der Waals surface area contributed by atoms with E-state index < -0.39 is 6.61 Å². The van der Waals surface area contributed by atoms with Crippen LogP contribution in [0.4, 0.5) is 8.78 Å². The highest BCUT2D eigenvalue weighted by Gasteiger charge is 2.21. The highest BCUT2D eigenvalue weighted by molar-refractivity contribution is 5.79. The number of nitrogens with zero attached hydrogens (tertiary/aromatic N) is 2. The first-order chi connectivity index (χ1) is 13.6. The molecule has 1 aromatic rings. The number of alkyl halides is 2. The van der Waals surface area contributed by atoms with E-state index in [0.29, 0.717) is 29.8 Å². The zero-order chi connectivity index (χ0) is 20.4. The summed E-state index contributed by atoms with van der Waals surface area (Å²) in [5, 5.41) is 6.58. The molecule has 0 bridgehead atoms. The van der Waals surface area contributed by atoms with E-state index in [4.69, 9.17) is 9.47 Å². The number of likely N-dealkylation sites (tertiary alicyclic amines) is 1. The van der Waals surface area contributed by atoms with Crippen LogP contribution in [0.2, 0.25) is 0 Å². The zero-order valence-electron chi connectivity index (χ0n) is 17.0. The van der Waals surface area contributed by atoms with Crippen molar-refractivity contribution in [2.24, 2.45) is 10.9 Å². The number of aliphatic imine (C=N–C) groups is 1. The average Bonchev–Trinajstić information content (AvgIpc) is 3.14. The molecule has 1 aliphatic heterocycles. The van der Waals surface area contributed by atoms with Gasteiger partial charge in [0.15, 0.2) is 17.5 Å². The van der Waals surface area contributed by atoms with Gasteiger partial charge in [0, 0.05) is 25.2 Å². The van der Waals surface area contributed by atoms with Gasteiger partial charge in [-0.15, -0.1) is 0 Å². The van der Waals surface area contributed by atoms with Gasteiger partial charge in [-0.25, -0.2) is 4.99 Å². The van der Waals surface area contributed by atoms with Crippen LogP contribution in [0.25, 0.3) is 0 Å². The van der Waals surface area contributed by atoms with Gasteiger partial charge in [-0.2, -0.15) is 8.78 Å². The fraction of sp³-hybridized carbons (Fsp3) is 0.650. The minimum atomic E-state index is -2.92. The molecule has 0 saturated carbocycles. The van der Waals surface area contributed by atoms with Gasteiger partial charge in [0.1, 0.15) is 0 Å². The van der Waals surface area contributed by atoms with E-state index in [2.05, 4.69) is 27.4 Å². The second kappa shape index (κ2) is 11.7. The van der Waals surface area contributed by atoms with Gasteiger partial charge in [0.05, 0.1) is 13.2 Å². The number of hydrogen-bond donors (Lipinski definition) is 2. The molecule has 1 saturated heterocycles. The van der Waals surface area contributed by atoms with Crippen molar-refractivity contribution in [1.29, 1.82) is 0 Å². The maximum Gasteiger partial charge on any atom is 0.387 e. The third kappa shape index (κ3) is 6.82. The normalized spacial score (nSPS) is 17.8. The van der Waals surface area contributed by atoms with Crippen LogP contribution in [0, 0.1) is 5.92 Å². The molecule has 1 unspecified atom stereocenters. The van der Waals surface area contributed by atoms with Crippen molar-refractivity contribution in [1.82, 2.24) is 15.5 Å². The lowest BCUT2D eigenvalue weighted by Gasteiger charge is -2.17. The SMILES string of the molecule is CCNC(=NCc1cccc(OCC)c1OC(F)F)NCC1CCN(CC)C1. The Kier molecular flexibility index (Phi) is 9.27. The van der Waals surface area contributed by atoms with Crippen molar-refractivity contribution in [3.05, 3.63) is 23.8 Å². The van der Waals surface area contributed by atoms with Crippen molar-refractivity contribution in [3.63, 3.8) is 0 Å². The Hall–Kier alpha value is -2.09. The van der Waals surface area contributed by atoms with Gasteiger partial charge in [0.2, 0.25) is 0 Å².